The summed E-state index contributed by atoms with van der Waals surface area (Å²) in [5.41, 5.74) is 11.6. The molecule has 2 aromatic heterocycles. The van der Waals surface area contributed by atoms with Gasteiger partial charge in [0, 0.05) is 60.3 Å². The van der Waals surface area contributed by atoms with E-state index in [4.69, 9.17) is 15.5 Å². The summed E-state index contributed by atoms with van der Waals surface area (Å²) in [6, 6.07) is 14.4. The van der Waals surface area contributed by atoms with Crippen molar-refractivity contribution in [2.24, 2.45) is 16.6 Å². The Morgan fingerprint density at radius 3 is 2.38 bits per heavy atom. The van der Waals surface area contributed by atoms with Gasteiger partial charge >= 0.3 is 0 Å². The number of benzene rings is 1. The highest BCUT2D eigenvalue weighted by Gasteiger charge is 2.37. The summed E-state index contributed by atoms with van der Waals surface area (Å²) in [5, 5.41) is 10.0. The van der Waals surface area contributed by atoms with Gasteiger partial charge in [0.2, 0.25) is 5.88 Å². The van der Waals surface area contributed by atoms with Crippen LogP contribution < -0.4 is 5.73 Å². The van der Waals surface area contributed by atoms with Crippen LogP contribution in [-0.4, -0.2) is 27.3 Å². The van der Waals surface area contributed by atoms with Gasteiger partial charge in [0.25, 0.3) is 0 Å². The molecule has 1 saturated carbocycles. The minimum Gasteiger partial charge on any atom is -0.445 e. The molecule has 2 N–H and O–H groups in total. The monoisotopic (exact) mass is 494 g/mol. The molecule has 3 heterocycles. The van der Waals surface area contributed by atoms with Gasteiger partial charge in [-0.05, 0) is 49.6 Å². The van der Waals surface area contributed by atoms with E-state index >= 15 is 0 Å². The lowest BCUT2D eigenvalue weighted by Crippen LogP contribution is -2.27. The molecule has 0 radical (unpaired) electrons. The van der Waals surface area contributed by atoms with Crippen LogP contribution >= 0.6 is 0 Å². The number of allylic oxidation sites excluding steroid dienone is 3. The second kappa shape index (κ2) is 11.7. The van der Waals surface area contributed by atoms with E-state index < -0.39 is 0 Å². The molecule has 0 saturated heterocycles. The van der Waals surface area contributed by atoms with E-state index in [0.717, 1.165) is 52.5 Å². The molecule has 3 aromatic rings. The highest BCUT2D eigenvalue weighted by Crippen LogP contribution is 2.43. The first kappa shape index (κ1) is 25.9. The van der Waals surface area contributed by atoms with E-state index in [-0.39, 0.29) is 11.8 Å². The van der Waals surface area contributed by atoms with Gasteiger partial charge in [0.15, 0.2) is 0 Å². The van der Waals surface area contributed by atoms with Gasteiger partial charge < -0.3 is 10.5 Å². The molecule has 2 aliphatic rings. The molecule has 190 valence electrons. The van der Waals surface area contributed by atoms with Crippen LogP contribution in [-0.2, 0) is 4.74 Å². The average Bonchev–Trinajstić information content (AvgIpc) is 3.65. The number of ether oxygens (including phenoxy) is 1. The molecule has 0 bridgehead atoms. The lowest BCUT2D eigenvalue weighted by atomic mass is 9.77. The summed E-state index contributed by atoms with van der Waals surface area (Å²) in [6.07, 6.45) is 11.9. The minimum atomic E-state index is -0.315. The largest absolute Gasteiger partial charge is 0.445 e. The fourth-order valence-electron chi connectivity index (χ4n) is 5.32. The Kier molecular flexibility index (Phi) is 8.19. The Bertz CT molecular complexity index is 1350. The first-order valence-corrected chi connectivity index (χ1v) is 12.9. The van der Waals surface area contributed by atoms with E-state index in [0.29, 0.717) is 11.5 Å². The predicted molar refractivity (Wildman–Crippen MR) is 147 cm³/mol. The maximum Gasteiger partial charge on any atom is 0.205 e. The predicted octanol–water partition coefficient (Wildman–Crippen LogP) is 6.30. The highest BCUT2D eigenvalue weighted by atomic mass is 16.5. The molecule has 0 amide bonds. The van der Waals surface area contributed by atoms with Crippen molar-refractivity contribution in [3.63, 3.8) is 0 Å². The quantitative estimate of drug-likeness (QED) is 0.419. The first-order chi connectivity index (χ1) is 18.1. The molecule has 7 heteroatoms. The van der Waals surface area contributed by atoms with Gasteiger partial charge in [-0.1, -0.05) is 38.8 Å². The van der Waals surface area contributed by atoms with Gasteiger partial charge in [-0.25, -0.2) is 4.98 Å². The molecule has 0 spiro atoms. The maximum absolute atomic E-state index is 10.0. The molecule has 7 nitrogen and oxygen atoms in total. The van der Waals surface area contributed by atoms with Crippen molar-refractivity contribution >= 4 is 5.71 Å². The zero-order valence-corrected chi connectivity index (χ0v) is 22.0. The number of pyridine rings is 1. The number of hydrogen-bond donors (Lipinski definition) is 1. The molecule has 1 unspecified atom stereocenters. The van der Waals surface area contributed by atoms with Crippen LogP contribution in [0.15, 0.2) is 89.0 Å². The van der Waals surface area contributed by atoms with Crippen LogP contribution in [0.3, 0.4) is 0 Å². The van der Waals surface area contributed by atoms with Crippen molar-refractivity contribution in [2.45, 2.75) is 52.4 Å². The molecule has 1 atom stereocenters. The molecule has 5 rings (SSSR count). The summed E-state index contributed by atoms with van der Waals surface area (Å²) in [5.74, 6) is 1.79. The summed E-state index contributed by atoms with van der Waals surface area (Å²) in [6.45, 7) is 5.92. The van der Waals surface area contributed by atoms with Crippen molar-refractivity contribution in [1.29, 1.82) is 5.26 Å². The number of hydrogen-bond acceptors (Lipinski definition) is 6. The standard InChI is InChI=1S/C28H28N6O.C2H6/c1-18-24(26(31-2)20-5-3-4-6-20)25(23(17-29)27(30)35-18)19-7-9-22(10-8-19)34-16-15-33-28(34)21-11-13-32-14-12-21;1-2/h7-16,20,25H,3-6,30H2,1-2H3;1-2H3. The molecule has 1 aliphatic carbocycles. The third kappa shape index (κ3) is 5.05. The van der Waals surface area contributed by atoms with E-state index in [9.17, 15) is 5.26 Å². The van der Waals surface area contributed by atoms with Gasteiger partial charge in [0.05, 0.1) is 5.92 Å². The normalized spacial score (nSPS) is 18.2. The molecular weight excluding hydrogens is 460 g/mol. The number of nitrogens with zero attached hydrogens (tertiary/aromatic N) is 5. The number of nitriles is 1. The Balaban J connectivity index is 0.00000156. The number of rotatable bonds is 5. The van der Waals surface area contributed by atoms with Gasteiger partial charge in [0.1, 0.15) is 23.2 Å². The van der Waals surface area contributed by atoms with Crippen molar-refractivity contribution in [1.82, 2.24) is 14.5 Å². The second-order valence-electron chi connectivity index (χ2n) is 8.93. The highest BCUT2D eigenvalue weighted by molar-refractivity contribution is 6.04. The zero-order chi connectivity index (χ0) is 26.4. The number of aliphatic imine (C=N–C) groups is 1. The van der Waals surface area contributed by atoms with Crippen LogP contribution in [0, 0.1) is 17.2 Å². The van der Waals surface area contributed by atoms with E-state index in [2.05, 4.69) is 28.2 Å². The Labute approximate surface area is 219 Å². The Hall–Kier alpha value is -4.18. The Morgan fingerprint density at radius 2 is 1.76 bits per heavy atom. The van der Waals surface area contributed by atoms with Crippen molar-refractivity contribution in [3.05, 3.63) is 89.5 Å². The first-order valence-electron chi connectivity index (χ1n) is 12.9. The second-order valence-corrected chi connectivity index (χ2v) is 8.93. The molecule has 1 fully saturated rings. The SMILES string of the molecule is CC.CN=C(C1=C(C)OC(N)=C(C#N)C1c1ccc(-n2ccnc2-c2ccncc2)cc1)C1CCCC1. The van der Waals surface area contributed by atoms with Crippen LogP contribution in [0.25, 0.3) is 17.1 Å². The third-order valence-electron chi connectivity index (χ3n) is 6.95. The van der Waals surface area contributed by atoms with Crippen LogP contribution in [0.2, 0.25) is 0 Å². The average molecular weight is 495 g/mol. The van der Waals surface area contributed by atoms with Crippen molar-refractivity contribution in [3.8, 4) is 23.1 Å². The van der Waals surface area contributed by atoms with E-state index in [1.54, 1.807) is 18.6 Å². The van der Waals surface area contributed by atoms with E-state index in [1.807, 2.05) is 62.8 Å². The summed E-state index contributed by atoms with van der Waals surface area (Å²) < 4.78 is 7.90. The number of aromatic nitrogens is 3. The van der Waals surface area contributed by atoms with Crippen LogP contribution in [0.5, 0.6) is 0 Å². The van der Waals surface area contributed by atoms with Crippen LogP contribution in [0.1, 0.15) is 57.9 Å². The molecule has 37 heavy (non-hydrogen) atoms. The topological polar surface area (TPSA) is 102 Å². The van der Waals surface area contributed by atoms with Crippen molar-refractivity contribution < 1.29 is 4.74 Å². The Morgan fingerprint density at radius 1 is 1.08 bits per heavy atom. The molecule has 1 aromatic carbocycles. The third-order valence-corrected chi connectivity index (χ3v) is 6.95. The molecule has 1 aliphatic heterocycles. The van der Waals surface area contributed by atoms with Gasteiger partial charge in [-0.3, -0.25) is 14.5 Å². The zero-order valence-electron chi connectivity index (χ0n) is 22.0. The summed E-state index contributed by atoms with van der Waals surface area (Å²) >= 11 is 0. The smallest absolute Gasteiger partial charge is 0.205 e. The summed E-state index contributed by atoms with van der Waals surface area (Å²) in [7, 11) is 1.83. The van der Waals surface area contributed by atoms with E-state index in [1.165, 1.54) is 12.8 Å². The molecular formula is C30H34N6O. The van der Waals surface area contributed by atoms with Crippen molar-refractivity contribution in [2.75, 3.05) is 7.05 Å². The lowest BCUT2D eigenvalue weighted by Gasteiger charge is -2.31. The summed E-state index contributed by atoms with van der Waals surface area (Å²) in [4.78, 5) is 13.3. The fourth-order valence-corrected chi connectivity index (χ4v) is 5.32. The van der Waals surface area contributed by atoms with Gasteiger partial charge in [-0.15, -0.1) is 0 Å². The maximum atomic E-state index is 10.0. The van der Waals surface area contributed by atoms with Gasteiger partial charge in [-0.2, -0.15) is 5.26 Å². The van der Waals surface area contributed by atoms with Crippen LogP contribution in [0.4, 0.5) is 0 Å². The fraction of sp³-hybridized carbons (Fsp3) is 0.333. The minimum absolute atomic E-state index is 0.166. The lowest BCUT2D eigenvalue weighted by molar-refractivity contribution is 0.283. The number of nitrogens with two attached hydrogens (primary N) is 1. The number of imidazole rings is 1.